The Morgan fingerprint density at radius 2 is 1.78 bits per heavy atom. The van der Waals surface area contributed by atoms with E-state index in [-0.39, 0.29) is 29.5 Å². The molecular formula is C32H37FO4. The molecule has 0 amide bonds. The molecule has 1 aliphatic rings. The number of rotatable bonds is 10. The molecule has 2 unspecified atom stereocenters. The zero-order valence-electron chi connectivity index (χ0n) is 22.4. The topological polar surface area (TPSA) is 55.8 Å². The third-order valence-electron chi connectivity index (χ3n) is 7.62. The van der Waals surface area contributed by atoms with Crippen LogP contribution >= 0.6 is 0 Å². The maximum absolute atomic E-state index is 14.9. The second-order valence-corrected chi connectivity index (χ2v) is 11.3. The molecule has 0 spiro atoms. The summed E-state index contributed by atoms with van der Waals surface area (Å²) in [6.45, 7) is 9.09. The average molecular weight is 505 g/mol. The highest BCUT2D eigenvalue weighted by Gasteiger charge is 2.34. The molecule has 1 fully saturated rings. The minimum Gasteiger partial charge on any atom is -0.497 e. The molecule has 1 saturated carbocycles. The van der Waals surface area contributed by atoms with Gasteiger partial charge in [0, 0.05) is 5.56 Å². The van der Waals surface area contributed by atoms with Crippen LogP contribution in [0, 0.1) is 17.2 Å². The van der Waals surface area contributed by atoms with Gasteiger partial charge in [-0.25, -0.2) is 4.39 Å². The predicted molar refractivity (Wildman–Crippen MR) is 145 cm³/mol. The molecule has 1 aliphatic carbocycles. The van der Waals surface area contributed by atoms with Crippen LogP contribution in [-0.2, 0) is 11.4 Å². The van der Waals surface area contributed by atoms with E-state index >= 15 is 0 Å². The van der Waals surface area contributed by atoms with E-state index in [4.69, 9.17) is 9.47 Å². The summed E-state index contributed by atoms with van der Waals surface area (Å²) in [5.74, 6) is 0.917. The Morgan fingerprint density at radius 3 is 2.43 bits per heavy atom. The van der Waals surface area contributed by atoms with Crippen molar-refractivity contribution in [3.05, 3.63) is 83.2 Å². The monoisotopic (exact) mass is 504 g/mol. The van der Waals surface area contributed by atoms with Crippen molar-refractivity contribution in [2.75, 3.05) is 7.11 Å². The summed E-state index contributed by atoms with van der Waals surface area (Å²) in [6, 6.07) is 18.7. The van der Waals surface area contributed by atoms with Crippen molar-refractivity contribution in [3.63, 3.8) is 0 Å². The lowest BCUT2D eigenvalue weighted by Gasteiger charge is -2.30. The Kier molecular flexibility index (Phi) is 7.91. The second-order valence-electron chi connectivity index (χ2n) is 11.3. The number of benzene rings is 3. The summed E-state index contributed by atoms with van der Waals surface area (Å²) in [7, 11) is 1.58. The average Bonchev–Trinajstić information content (AvgIpc) is 3.71. The van der Waals surface area contributed by atoms with Crippen LogP contribution in [0.1, 0.15) is 75.5 Å². The van der Waals surface area contributed by atoms with E-state index in [1.165, 1.54) is 6.07 Å². The highest BCUT2D eigenvalue weighted by atomic mass is 19.1. The number of hydrogen-bond donors (Lipinski definition) is 1. The van der Waals surface area contributed by atoms with Gasteiger partial charge in [-0.05, 0) is 88.6 Å². The molecule has 196 valence electrons. The van der Waals surface area contributed by atoms with Gasteiger partial charge in [0.2, 0.25) is 0 Å². The normalized spacial score (nSPS) is 15.2. The standard InChI is InChI=1S/C32H37FO4/c1-20(32(2,3)4)27-15-21(9-13-26(27)29-17-24(36-5)12-14-30(29)33)19-37-25-8-6-7-23(16-25)28(18-31(34)35)22-10-11-22/h6-9,12-17,20,22,28H,10-11,18-19H2,1-5H3,(H,34,35). The van der Waals surface area contributed by atoms with Crippen LogP contribution < -0.4 is 9.47 Å². The molecule has 4 rings (SSSR count). The van der Waals surface area contributed by atoms with Crippen molar-refractivity contribution in [3.8, 4) is 22.6 Å². The van der Waals surface area contributed by atoms with Crippen molar-refractivity contribution < 1.29 is 23.8 Å². The molecule has 0 saturated heterocycles. The zero-order chi connectivity index (χ0) is 26.7. The number of carboxylic acids is 1. The predicted octanol–water partition coefficient (Wildman–Crippen LogP) is 8.20. The van der Waals surface area contributed by atoms with Gasteiger partial charge in [-0.1, -0.05) is 58.0 Å². The lowest BCUT2D eigenvalue weighted by molar-refractivity contribution is -0.137. The summed E-state index contributed by atoms with van der Waals surface area (Å²) in [4.78, 5) is 11.4. The van der Waals surface area contributed by atoms with Crippen molar-refractivity contribution in [1.29, 1.82) is 0 Å². The number of halogens is 1. The number of aliphatic carboxylic acids is 1. The molecule has 0 bridgehead atoms. The van der Waals surface area contributed by atoms with Gasteiger partial charge in [0.15, 0.2) is 0 Å². The molecule has 3 aromatic rings. The van der Waals surface area contributed by atoms with Crippen LogP contribution in [0.2, 0.25) is 0 Å². The summed E-state index contributed by atoms with van der Waals surface area (Å²) >= 11 is 0. The second kappa shape index (κ2) is 11.0. The maximum Gasteiger partial charge on any atom is 0.303 e. The van der Waals surface area contributed by atoms with Crippen LogP contribution in [0.3, 0.4) is 0 Å². The maximum atomic E-state index is 14.9. The fourth-order valence-corrected chi connectivity index (χ4v) is 4.85. The first-order valence-corrected chi connectivity index (χ1v) is 13.0. The van der Waals surface area contributed by atoms with Crippen LogP contribution in [0.4, 0.5) is 4.39 Å². The molecule has 37 heavy (non-hydrogen) atoms. The quantitative estimate of drug-likeness (QED) is 0.302. The van der Waals surface area contributed by atoms with Crippen molar-refractivity contribution in [2.45, 2.75) is 65.4 Å². The Balaban J connectivity index is 1.61. The van der Waals surface area contributed by atoms with E-state index in [2.05, 4.69) is 33.8 Å². The van der Waals surface area contributed by atoms with Gasteiger partial charge in [-0.3, -0.25) is 4.79 Å². The third-order valence-corrected chi connectivity index (χ3v) is 7.62. The fourth-order valence-electron chi connectivity index (χ4n) is 4.85. The van der Waals surface area contributed by atoms with Gasteiger partial charge in [0.1, 0.15) is 23.9 Å². The van der Waals surface area contributed by atoms with E-state index in [0.29, 0.717) is 23.8 Å². The van der Waals surface area contributed by atoms with E-state index in [9.17, 15) is 14.3 Å². The van der Waals surface area contributed by atoms with Crippen LogP contribution in [0.5, 0.6) is 11.5 Å². The van der Waals surface area contributed by atoms with Crippen LogP contribution in [0.25, 0.3) is 11.1 Å². The molecule has 0 heterocycles. The SMILES string of the molecule is COc1ccc(F)c(-c2ccc(COc3cccc(C(CC(=O)O)C4CC4)c3)cc2C(C)C(C)(C)C)c1. The summed E-state index contributed by atoms with van der Waals surface area (Å²) in [6.07, 6.45) is 2.31. The van der Waals surface area contributed by atoms with E-state index in [1.807, 2.05) is 36.4 Å². The first-order valence-electron chi connectivity index (χ1n) is 13.0. The van der Waals surface area contributed by atoms with Gasteiger partial charge in [-0.15, -0.1) is 0 Å². The lowest BCUT2D eigenvalue weighted by Crippen LogP contribution is -2.16. The Morgan fingerprint density at radius 1 is 1.03 bits per heavy atom. The minimum absolute atomic E-state index is 0.0253. The van der Waals surface area contributed by atoms with Crippen molar-refractivity contribution in [2.24, 2.45) is 11.3 Å². The van der Waals surface area contributed by atoms with E-state index < -0.39 is 5.97 Å². The number of carboxylic acid groups (broad SMARTS) is 1. The summed E-state index contributed by atoms with van der Waals surface area (Å²) < 4.78 is 26.5. The first kappa shape index (κ1) is 26.7. The van der Waals surface area contributed by atoms with Gasteiger partial charge in [-0.2, -0.15) is 0 Å². The van der Waals surface area contributed by atoms with Crippen molar-refractivity contribution >= 4 is 5.97 Å². The number of methoxy groups -OCH3 is 1. The van der Waals surface area contributed by atoms with Gasteiger partial charge in [0.05, 0.1) is 13.5 Å². The van der Waals surface area contributed by atoms with Crippen molar-refractivity contribution in [1.82, 2.24) is 0 Å². The Labute approximate surface area is 219 Å². The van der Waals surface area contributed by atoms with Crippen LogP contribution in [-0.4, -0.2) is 18.2 Å². The number of hydrogen-bond acceptors (Lipinski definition) is 3. The first-order chi connectivity index (χ1) is 17.6. The Bertz CT molecular complexity index is 1260. The molecule has 5 heteroatoms. The number of ether oxygens (including phenoxy) is 2. The van der Waals surface area contributed by atoms with E-state index in [0.717, 1.165) is 40.8 Å². The number of carbonyl (C=O) groups is 1. The molecular weight excluding hydrogens is 467 g/mol. The Hall–Kier alpha value is -3.34. The lowest BCUT2D eigenvalue weighted by atomic mass is 9.75. The van der Waals surface area contributed by atoms with Gasteiger partial charge in [0.25, 0.3) is 0 Å². The largest absolute Gasteiger partial charge is 0.497 e. The van der Waals surface area contributed by atoms with Gasteiger partial charge < -0.3 is 14.6 Å². The molecule has 3 aromatic carbocycles. The summed E-state index contributed by atoms with van der Waals surface area (Å²) in [5, 5.41) is 9.36. The highest BCUT2D eigenvalue weighted by molar-refractivity contribution is 5.71. The molecule has 4 nitrogen and oxygen atoms in total. The smallest absolute Gasteiger partial charge is 0.303 e. The third kappa shape index (κ3) is 6.51. The highest BCUT2D eigenvalue weighted by Crippen LogP contribution is 2.45. The minimum atomic E-state index is -0.767. The fraction of sp³-hybridized carbons (Fsp3) is 0.406. The summed E-state index contributed by atoms with van der Waals surface area (Å²) in [5.41, 5.74) is 4.42. The zero-order valence-corrected chi connectivity index (χ0v) is 22.4. The van der Waals surface area contributed by atoms with Crippen LogP contribution in [0.15, 0.2) is 60.7 Å². The molecule has 0 aromatic heterocycles. The molecule has 1 N–H and O–H groups in total. The van der Waals surface area contributed by atoms with Gasteiger partial charge >= 0.3 is 5.97 Å². The van der Waals surface area contributed by atoms with E-state index in [1.54, 1.807) is 19.2 Å². The molecule has 0 aliphatic heterocycles. The molecule has 0 radical (unpaired) electrons. The molecule has 2 atom stereocenters.